The topological polar surface area (TPSA) is 68.8 Å². The van der Waals surface area contributed by atoms with Gasteiger partial charge in [0.25, 0.3) is 0 Å². The Kier molecular flexibility index (Phi) is 4.01. The lowest BCUT2D eigenvalue weighted by atomic mass is 9.90. The first-order valence-electron chi connectivity index (χ1n) is 9.78. The standard InChI is InChI=1S/C23H23N5/c1-2-15-10-12-17(13-11-15)20-14-21(28-23(25-20)26-22(24)27-28)19-9-5-7-16-6-3-4-8-18(16)19/h3-13,20-21H,2,14H2,1H3,(H3,24,25,26,27). The molecule has 1 aliphatic heterocycles. The second kappa shape index (κ2) is 6.68. The van der Waals surface area contributed by atoms with E-state index in [0.29, 0.717) is 5.95 Å². The van der Waals surface area contributed by atoms with Crippen LogP contribution < -0.4 is 11.1 Å². The Morgan fingerprint density at radius 1 is 1.04 bits per heavy atom. The summed E-state index contributed by atoms with van der Waals surface area (Å²) in [6, 6.07) is 24.0. The minimum absolute atomic E-state index is 0.0722. The van der Waals surface area contributed by atoms with E-state index < -0.39 is 0 Å². The number of hydrogen-bond donors (Lipinski definition) is 2. The Hall–Kier alpha value is -3.34. The van der Waals surface area contributed by atoms with Gasteiger partial charge in [-0.25, -0.2) is 4.68 Å². The highest BCUT2D eigenvalue weighted by atomic mass is 15.4. The zero-order valence-electron chi connectivity index (χ0n) is 15.8. The summed E-state index contributed by atoms with van der Waals surface area (Å²) < 4.78 is 1.94. The van der Waals surface area contributed by atoms with Crippen molar-refractivity contribution in [2.24, 2.45) is 0 Å². The van der Waals surface area contributed by atoms with Gasteiger partial charge in [-0.05, 0) is 40.3 Å². The molecule has 3 N–H and O–H groups in total. The fourth-order valence-corrected chi connectivity index (χ4v) is 4.20. The molecule has 140 valence electrons. The summed E-state index contributed by atoms with van der Waals surface area (Å²) in [5.41, 5.74) is 9.81. The van der Waals surface area contributed by atoms with Crippen molar-refractivity contribution in [3.8, 4) is 0 Å². The number of benzene rings is 3. The van der Waals surface area contributed by atoms with Crippen LogP contribution in [0.25, 0.3) is 10.8 Å². The van der Waals surface area contributed by atoms with Crippen LogP contribution in [0.1, 0.15) is 42.1 Å². The van der Waals surface area contributed by atoms with Crippen LogP contribution >= 0.6 is 0 Å². The van der Waals surface area contributed by atoms with Gasteiger partial charge in [0.15, 0.2) is 0 Å². The number of anilines is 2. The van der Waals surface area contributed by atoms with Crippen molar-refractivity contribution in [2.45, 2.75) is 31.8 Å². The van der Waals surface area contributed by atoms with Gasteiger partial charge >= 0.3 is 0 Å². The predicted octanol–water partition coefficient (Wildman–Crippen LogP) is 4.72. The molecule has 2 heterocycles. The molecule has 28 heavy (non-hydrogen) atoms. The Bertz CT molecular complexity index is 1120. The molecule has 2 atom stereocenters. The second-order valence-electron chi connectivity index (χ2n) is 7.35. The van der Waals surface area contributed by atoms with E-state index in [-0.39, 0.29) is 12.1 Å². The van der Waals surface area contributed by atoms with Crippen LogP contribution in [0.5, 0.6) is 0 Å². The third-order valence-corrected chi connectivity index (χ3v) is 5.68. The predicted molar refractivity (Wildman–Crippen MR) is 113 cm³/mol. The smallest absolute Gasteiger partial charge is 0.241 e. The van der Waals surface area contributed by atoms with Crippen molar-refractivity contribution >= 4 is 22.7 Å². The zero-order valence-corrected chi connectivity index (χ0v) is 15.8. The number of nitrogen functional groups attached to an aromatic ring is 1. The van der Waals surface area contributed by atoms with Gasteiger partial charge in [-0.3, -0.25) is 0 Å². The lowest BCUT2D eigenvalue weighted by Crippen LogP contribution is -2.28. The number of nitrogens with zero attached hydrogens (tertiary/aromatic N) is 3. The van der Waals surface area contributed by atoms with Crippen molar-refractivity contribution in [1.29, 1.82) is 0 Å². The molecule has 0 bridgehead atoms. The molecule has 2 unspecified atom stereocenters. The summed E-state index contributed by atoms with van der Waals surface area (Å²) in [5.74, 6) is 1.03. The van der Waals surface area contributed by atoms with Gasteiger partial charge in [0.1, 0.15) is 0 Å². The maximum atomic E-state index is 5.95. The van der Waals surface area contributed by atoms with Gasteiger partial charge in [0, 0.05) is 0 Å². The molecule has 0 fully saturated rings. The van der Waals surface area contributed by atoms with Crippen LogP contribution in [0.15, 0.2) is 66.7 Å². The Labute approximate surface area is 164 Å². The normalized spacial score (nSPS) is 18.6. The molecule has 0 spiro atoms. The maximum Gasteiger partial charge on any atom is 0.241 e. The van der Waals surface area contributed by atoms with E-state index in [1.807, 2.05) is 4.68 Å². The SMILES string of the molecule is CCc1ccc(C2CC(c3cccc4ccccc34)n3nc(N)nc3N2)cc1. The van der Waals surface area contributed by atoms with E-state index in [0.717, 1.165) is 18.8 Å². The average molecular weight is 369 g/mol. The average Bonchev–Trinajstić information content (AvgIpc) is 3.13. The molecule has 0 saturated heterocycles. The molecule has 1 aromatic heterocycles. The van der Waals surface area contributed by atoms with Gasteiger partial charge in [-0.2, -0.15) is 4.98 Å². The van der Waals surface area contributed by atoms with Crippen molar-refractivity contribution in [2.75, 3.05) is 11.1 Å². The summed E-state index contributed by atoms with van der Waals surface area (Å²) in [4.78, 5) is 4.44. The molecular formula is C23H23N5. The fraction of sp³-hybridized carbons (Fsp3) is 0.217. The first-order chi connectivity index (χ1) is 13.7. The van der Waals surface area contributed by atoms with Gasteiger partial charge in [-0.15, -0.1) is 5.10 Å². The molecule has 0 aliphatic carbocycles. The van der Waals surface area contributed by atoms with E-state index in [9.17, 15) is 0 Å². The largest absolute Gasteiger partial charge is 0.366 e. The minimum Gasteiger partial charge on any atom is -0.366 e. The van der Waals surface area contributed by atoms with Crippen molar-refractivity contribution in [3.63, 3.8) is 0 Å². The molecule has 0 radical (unpaired) electrons. The fourth-order valence-electron chi connectivity index (χ4n) is 4.20. The van der Waals surface area contributed by atoms with Gasteiger partial charge in [0.2, 0.25) is 11.9 Å². The van der Waals surface area contributed by atoms with E-state index >= 15 is 0 Å². The van der Waals surface area contributed by atoms with Crippen LogP contribution in [0.3, 0.4) is 0 Å². The summed E-state index contributed by atoms with van der Waals surface area (Å²) in [6.45, 7) is 2.18. The first kappa shape index (κ1) is 16.8. The van der Waals surface area contributed by atoms with Gasteiger partial charge in [-0.1, -0.05) is 73.7 Å². The van der Waals surface area contributed by atoms with E-state index in [1.54, 1.807) is 0 Å². The van der Waals surface area contributed by atoms with E-state index in [4.69, 9.17) is 5.73 Å². The van der Waals surface area contributed by atoms with Crippen molar-refractivity contribution in [1.82, 2.24) is 14.8 Å². The van der Waals surface area contributed by atoms with Crippen molar-refractivity contribution in [3.05, 3.63) is 83.4 Å². The zero-order chi connectivity index (χ0) is 19.1. The Balaban J connectivity index is 1.61. The number of nitrogens with two attached hydrogens (primary N) is 1. The Morgan fingerprint density at radius 3 is 2.64 bits per heavy atom. The summed E-state index contributed by atoms with van der Waals surface area (Å²) in [5, 5.41) is 10.5. The highest BCUT2D eigenvalue weighted by Gasteiger charge is 2.31. The summed E-state index contributed by atoms with van der Waals surface area (Å²) in [7, 11) is 0. The first-order valence-corrected chi connectivity index (χ1v) is 9.78. The molecule has 5 nitrogen and oxygen atoms in total. The second-order valence-corrected chi connectivity index (χ2v) is 7.35. The molecule has 3 aromatic carbocycles. The quantitative estimate of drug-likeness (QED) is 0.548. The van der Waals surface area contributed by atoms with E-state index in [2.05, 4.69) is 89.1 Å². The van der Waals surface area contributed by atoms with Crippen LogP contribution in [-0.4, -0.2) is 14.8 Å². The van der Waals surface area contributed by atoms with Crippen LogP contribution in [-0.2, 0) is 6.42 Å². The molecule has 5 heteroatoms. The lowest BCUT2D eigenvalue weighted by Gasteiger charge is -2.32. The number of fused-ring (bicyclic) bond motifs is 2. The van der Waals surface area contributed by atoms with Crippen LogP contribution in [0, 0.1) is 0 Å². The number of aromatic nitrogens is 3. The monoisotopic (exact) mass is 369 g/mol. The Morgan fingerprint density at radius 2 is 1.82 bits per heavy atom. The maximum absolute atomic E-state index is 5.95. The molecular weight excluding hydrogens is 346 g/mol. The molecule has 1 aliphatic rings. The van der Waals surface area contributed by atoms with Gasteiger partial charge in [0.05, 0.1) is 12.1 Å². The number of aryl methyl sites for hydroxylation is 1. The number of rotatable bonds is 3. The molecule has 4 aromatic rings. The number of hydrogen-bond acceptors (Lipinski definition) is 4. The third kappa shape index (κ3) is 2.80. The third-order valence-electron chi connectivity index (χ3n) is 5.68. The van der Waals surface area contributed by atoms with E-state index in [1.165, 1.54) is 27.5 Å². The van der Waals surface area contributed by atoms with Crippen LogP contribution in [0.4, 0.5) is 11.9 Å². The minimum atomic E-state index is 0.0722. The lowest BCUT2D eigenvalue weighted by molar-refractivity contribution is 0.434. The molecule has 0 amide bonds. The molecule has 5 rings (SSSR count). The van der Waals surface area contributed by atoms with Crippen molar-refractivity contribution < 1.29 is 0 Å². The number of nitrogens with one attached hydrogen (secondary N) is 1. The highest BCUT2D eigenvalue weighted by molar-refractivity contribution is 5.86. The highest BCUT2D eigenvalue weighted by Crippen LogP contribution is 2.40. The van der Waals surface area contributed by atoms with Gasteiger partial charge < -0.3 is 11.1 Å². The van der Waals surface area contributed by atoms with Crippen LogP contribution in [0.2, 0.25) is 0 Å². The molecule has 0 saturated carbocycles. The summed E-state index contributed by atoms with van der Waals surface area (Å²) >= 11 is 0. The summed E-state index contributed by atoms with van der Waals surface area (Å²) in [6.07, 6.45) is 1.93.